The SMILES string of the molecule is N#Cc1ccc(OC(F)(F)F)c(I)c1Cl. The van der Waals surface area contributed by atoms with Gasteiger partial charge in [-0.15, -0.1) is 13.2 Å². The summed E-state index contributed by atoms with van der Waals surface area (Å²) in [5, 5.41) is 8.52. The van der Waals surface area contributed by atoms with E-state index in [4.69, 9.17) is 16.9 Å². The van der Waals surface area contributed by atoms with Gasteiger partial charge in [-0.1, -0.05) is 11.6 Å². The number of nitriles is 1. The van der Waals surface area contributed by atoms with Crippen LogP contribution in [0.3, 0.4) is 0 Å². The van der Waals surface area contributed by atoms with Crippen molar-refractivity contribution in [2.45, 2.75) is 6.36 Å². The summed E-state index contributed by atoms with van der Waals surface area (Å²) in [5.41, 5.74) is 0.107. The van der Waals surface area contributed by atoms with Gasteiger partial charge in [0.2, 0.25) is 0 Å². The molecule has 1 aromatic carbocycles. The van der Waals surface area contributed by atoms with Crippen LogP contribution in [0.5, 0.6) is 5.75 Å². The minimum Gasteiger partial charge on any atom is -0.405 e. The molecule has 0 saturated heterocycles. The van der Waals surface area contributed by atoms with Gasteiger partial charge in [-0.3, -0.25) is 0 Å². The highest BCUT2D eigenvalue weighted by atomic mass is 127. The number of ether oxygens (including phenoxy) is 1. The number of benzene rings is 1. The molecular formula is C8H2ClF3INO. The van der Waals surface area contributed by atoms with Gasteiger partial charge in [0.15, 0.2) is 0 Å². The van der Waals surface area contributed by atoms with E-state index in [9.17, 15) is 13.2 Å². The summed E-state index contributed by atoms with van der Waals surface area (Å²) in [5.74, 6) is -0.410. The minimum atomic E-state index is -4.77. The summed E-state index contributed by atoms with van der Waals surface area (Å²) < 4.78 is 39.5. The molecule has 1 rings (SSSR count). The molecule has 80 valence electrons. The van der Waals surface area contributed by atoms with Crippen molar-refractivity contribution >= 4 is 34.2 Å². The molecule has 0 amide bonds. The smallest absolute Gasteiger partial charge is 0.405 e. The molecule has 15 heavy (non-hydrogen) atoms. The van der Waals surface area contributed by atoms with Gasteiger partial charge >= 0.3 is 6.36 Å². The van der Waals surface area contributed by atoms with Gasteiger partial charge in [-0.25, -0.2) is 0 Å². The van der Waals surface area contributed by atoms with Crippen LogP contribution in [0.15, 0.2) is 12.1 Å². The quantitative estimate of drug-likeness (QED) is 0.726. The van der Waals surface area contributed by atoms with E-state index in [2.05, 4.69) is 4.74 Å². The Bertz CT molecular complexity index is 427. The van der Waals surface area contributed by atoms with E-state index in [1.807, 2.05) is 0 Å². The second-order valence-electron chi connectivity index (χ2n) is 2.40. The number of halogens is 5. The van der Waals surface area contributed by atoms with E-state index in [0.717, 1.165) is 6.07 Å². The largest absolute Gasteiger partial charge is 0.573 e. The number of nitrogens with zero attached hydrogens (tertiary/aromatic N) is 1. The molecule has 0 N–H and O–H groups in total. The Balaban J connectivity index is 3.14. The van der Waals surface area contributed by atoms with Crippen LogP contribution in [0.2, 0.25) is 5.02 Å². The first kappa shape index (κ1) is 12.4. The minimum absolute atomic E-state index is 0.0418. The molecule has 0 saturated carbocycles. The third-order valence-electron chi connectivity index (χ3n) is 1.39. The van der Waals surface area contributed by atoms with Crippen LogP contribution in [-0.2, 0) is 0 Å². The zero-order valence-electron chi connectivity index (χ0n) is 6.90. The summed E-state index contributed by atoms with van der Waals surface area (Å²) >= 11 is 7.24. The van der Waals surface area contributed by atoms with Gasteiger partial charge < -0.3 is 4.74 Å². The fourth-order valence-corrected chi connectivity index (χ4v) is 1.60. The lowest BCUT2D eigenvalue weighted by molar-refractivity contribution is -0.274. The van der Waals surface area contributed by atoms with E-state index < -0.39 is 12.1 Å². The zero-order chi connectivity index (χ0) is 11.6. The lowest BCUT2D eigenvalue weighted by Crippen LogP contribution is -2.17. The van der Waals surface area contributed by atoms with E-state index >= 15 is 0 Å². The molecule has 0 fully saturated rings. The van der Waals surface area contributed by atoms with Crippen molar-refractivity contribution in [1.29, 1.82) is 5.26 Å². The number of hydrogen-bond acceptors (Lipinski definition) is 2. The Kier molecular flexibility index (Phi) is 3.67. The lowest BCUT2D eigenvalue weighted by atomic mass is 10.2. The summed E-state index contributed by atoms with van der Waals surface area (Å²) in [7, 11) is 0. The highest BCUT2D eigenvalue weighted by molar-refractivity contribution is 14.1. The first-order valence-corrected chi connectivity index (χ1v) is 4.94. The van der Waals surface area contributed by atoms with Crippen LogP contribution in [0.25, 0.3) is 0 Å². The summed E-state index contributed by atoms with van der Waals surface area (Å²) in [6, 6.07) is 3.98. The molecule has 0 radical (unpaired) electrons. The molecule has 0 aliphatic carbocycles. The molecule has 0 heterocycles. The predicted octanol–water partition coefficient (Wildman–Crippen LogP) is 3.71. The Morgan fingerprint density at radius 1 is 1.40 bits per heavy atom. The molecule has 0 aromatic heterocycles. The van der Waals surface area contributed by atoms with E-state index in [1.54, 1.807) is 28.7 Å². The van der Waals surface area contributed by atoms with Crippen LogP contribution in [0.4, 0.5) is 13.2 Å². The van der Waals surface area contributed by atoms with Gasteiger partial charge in [-0.2, -0.15) is 5.26 Å². The molecule has 0 aliphatic rings. The second kappa shape index (κ2) is 4.45. The maximum absolute atomic E-state index is 11.9. The summed E-state index contributed by atoms with van der Waals surface area (Å²) in [6.45, 7) is 0. The zero-order valence-corrected chi connectivity index (χ0v) is 9.81. The first-order chi connectivity index (χ1) is 6.85. The first-order valence-electron chi connectivity index (χ1n) is 3.49. The van der Waals surface area contributed by atoms with E-state index in [-0.39, 0.29) is 14.2 Å². The average Bonchev–Trinajstić information content (AvgIpc) is 2.11. The fourth-order valence-electron chi connectivity index (χ4n) is 0.822. The number of alkyl halides is 3. The molecular weight excluding hydrogens is 345 g/mol. The van der Waals surface area contributed by atoms with Crippen LogP contribution >= 0.6 is 34.2 Å². The van der Waals surface area contributed by atoms with Gasteiger partial charge in [-0.05, 0) is 34.7 Å². The van der Waals surface area contributed by atoms with Gasteiger partial charge in [0.25, 0.3) is 0 Å². The number of hydrogen-bond donors (Lipinski definition) is 0. The Labute approximate surface area is 102 Å². The highest BCUT2D eigenvalue weighted by Crippen LogP contribution is 2.34. The molecule has 0 aliphatic heterocycles. The van der Waals surface area contributed by atoms with Crippen molar-refractivity contribution in [2.24, 2.45) is 0 Å². The van der Waals surface area contributed by atoms with Crippen LogP contribution in [-0.4, -0.2) is 6.36 Å². The Hall–Kier alpha value is -0.680. The monoisotopic (exact) mass is 347 g/mol. The normalized spacial score (nSPS) is 10.9. The van der Waals surface area contributed by atoms with Gasteiger partial charge in [0.05, 0.1) is 14.2 Å². The standard InChI is InChI=1S/C8H2ClF3INO/c9-6-4(3-14)1-2-5(7(6)13)15-8(10,11)12/h1-2H. The number of rotatable bonds is 1. The van der Waals surface area contributed by atoms with Crippen molar-refractivity contribution in [2.75, 3.05) is 0 Å². The third kappa shape index (κ3) is 3.14. The fraction of sp³-hybridized carbons (Fsp3) is 0.125. The molecule has 2 nitrogen and oxygen atoms in total. The molecule has 0 unspecified atom stereocenters. The molecule has 7 heteroatoms. The summed E-state index contributed by atoms with van der Waals surface area (Å²) in [6.07, 6.45) is -4.77. The Morgan fingerprint density at radius 3 is 2.47 bits per heavy atom. The van der Waals surface area contributed by atoms with Gasteiger partial charge in [0.1, 0.15) is 11.8 Å². The van der Waals surface area contributed by atoms with Crippen molar-refractivity contribution in [1.82, 2.24) is 0 Å². The molecule has 0 spiro atoms. The van der Waals surface area contributed by atoms with Crippen molar-refractivity contribution in [3.05, 3.63) is 26.3 Å². The van der Waals surface area contributed by atoms with E-state index in [1.165, 1.54) is 6.07 Å². The van der Waals surface area contributed by atoms with E-state index in [0.29, 0.717) is 0 Å². The van der Waals surface area contributed by atoms with Crippen LogP contribution < -0.4 is 4.74 Å². The van der Waals surface area contributed by atoms with Crippen molar-refractivity contribution in [3.63, 3.8) is 0 Å². The average molecular weight is 347 g/mol. The maximum Gasteiger partial charge on any atom is 0.573 e. The van der Waals surface area contributed by atoms with Crippen molar-refractivity contribution < 1.29 is 17.9 Å². The molecule has 1 aromatic rings. The molecule has 0 atom stereocenters. The molecule has 0 bridgehead atoms. The maximum atomic E-state index is 11.9. The lowest BCUT2D eigenvalue weighted by Gasteiger charge is -2.11. The topological polar surface area (TPSA) is 33.0 Å². The predicted molar refractivity (Wildman–Crippen MR) is 55.6 cm³/mol. The highest BCUT2D eigenvalue weighted by Gasteiger charge is 2.32. The third-order valence-corrected chi connectivity index (χ3v) is 3.18. The van der Waals surface area contributed by atoms with Gasteiger partial charge in [0, 0.05) is 0 Å². The van der Waals surface area contributed by atoms with Crippen LogP contribution in [0.1, 0.15) is 5.56 Å². The summed E-state index contributed by atoms with van der Waals surface area (Å²) in [4.78, 5) is 0. The Morgan fingerprint density at radius 2 is 2.00 bits per heavy atom. The van der Waals surface area contributed by atoms with Crippen LogP contribution in [0, 0.1) is 14.9 Å². The van der Waals surface area contributed by atoms with Crippen molar-refractivity contribution in [3.8, 4) is 11.8 Å². The second-order valence-corrected chi connectivity index (χ2v) is 3.86.